The normalized spacial score (nSPS) is 25.1. The van der Waals surface area contributed by atoms with Gasteiger partial charge in [0.15, 0.2) is 0 Å². The average Bonchev–Trinajstić information content (AvgIpc) is 3.36. The molecule has 5 nitrogen and oxygen atoms in total. The van der Waals surface area contributed by atoms with Gasteiger partial charge in [-0.25, -0.2) is 0 Å². The first-order valence-electron chi connectivity index (χ1n) is 13.9. The number of hydrogen-bond acceptors (Lipinski definition) is 4. The maximum Gasteiger partial charge on any atom is 0.309 e. The zero-order chi connectivity index (χ0) is 25.5. The van der Waals surface area contributed by atoms with Gasteiger partial charge in [-0.15, -0.1) is 0 Å². The van der Waals surface area contributed by atoms with Crippen LogP contribution in [0.1, 0.15) is 87.1 Å². The first-order valence-corrected chi connectivity index (χ1v) is 13.9. The number of anilines is 1. The summed E-state index contributed by atoms with van der Waals surface area (Å²) in [5, 5.41) is 6.92. The second-order valence-corrected chi connectivity index (χ2v) is 10.5. The molecule has 0 aromatic heterocycles. The highest BCUT2D eigenvalue weighted by Gasteiger charge is 2.49. The SMILES string of the molecule is C=CCOC(=O)C1CC[C@H]2C(C3=CC=CCC3)Nc3ccc(C(=O)NCCC(CC)CCC)cc3C12. The van der Waals surface area contributed by atoms with Crippen LogP contribution in [0.5, 0.6) is 0 Å². The fourth-order valence-electron chi connectivity index (χ4n) is 6.45. The van der Waals surface area contributed by atoms with Crippen molar-refractivity contribution in [2.45, 2.75) is 77.2 Å². The van der Waals surface area contributed by atoms with E-state index in [0.717, 1.165) is 49.8 Å². The Bertz CT molecular complexity index is 1010. The maximum atomic E-state index is 13.1. The third-order valence-electron chi connectivity index (χ3n) is 8.32. The van der Waals surface area contributed by atoms with E-state index in [1.807, 2.05) is 18.2 Å². The second kappa shape index (κ2) is 12.4. The van der Waals surface area contributed by atoms with Crippen molar-refractivity contribution >= 4 is 17.6 Å². The van der Waals surface area contributed by atoms with Crippen molar-refractivity contribution in [2.24, 2.45) is 17.8 Å². The van der Waals surface area contributed by atoms with Crippen LogP contribution in [-0.4, -0.2) is 31.1 Å². The van der Waals surface area contributed by atoms with E-state index in [1.165, 1.54) is 18.4 Å². The van der Waals surface area contributed by atoms with Crippen LogP contribution in [0.25, 0.3) is 0 Å². The van der Waals surface area contributed by atoms with Crippen LogP contribution in [0.3, 0.4) is 0 Å². The molecule has 36 heavy (non-hydrogen) atoms. The summed E-state index contributed by atoms with van der Waals surface area (Å²) in [6, 6.07) is 6.16. The molecule has 0 saturated heterocycles. The quantitative estimate of drug-likeness (QED) is 0.273. The number of ether oxygens (including phenoxy) is 1. The minimum atomic E-state index is -0.198. The summed E-state index contributed by atoms with van der Waals surface area (Å²) in [5.74, 6) is 0.613. The third kappa shape index (κ3) is 5.77. The van der Waals surface area contributed by atoms with Crippen molar-refractivity contribution in [3.63, 3.8) is 0 Å². The molecule has 1 aromatic carbocycles. The lowest BCUT2D eigenvalue weighted by Crippen LogP contribution is -2.40. The van der Waals surface area contributed by atoms with E-state index in [-0.39, 0.29) is 36.4 Å². The molecule has 2 N–H and O–H groups in total. The molecule has 0 spiro atoms. The van der Waals surface area contributed by atoms with E-state index in [1.54, 1.807) is 6.08 Å². The lowest BCUT2D eigenvalue weighted by atomic mass is 9.73. The molecule has 1 saturated carbocycles. The van der Waals surface area contributed by atoms with Gasteiger partial charge >= 0.3 is 5.97 Å². The Balaban J connectivity index is 1.57. The van der Waals surface area contributed by atoms with Gasteiger partial charge in [0.1, 0.15) is 6.61 Å². The third-order valence-corrected chi connectivity index (χ3v) is 8.32. The predicted octanol–water partition coefficient (Wildman–Crippen LogP) is 6.54. The Kier molecular flexibility index (Phi) is 9.06. The monoisotopic (exact) mass is 490 g/mol. The van der Waals surface area contributed by atoms with Crippen molar-refractivity contribution in [2.75, 3.05) is 18.5 Å². The average molecular weight is 491 g/mol. The molecule has 0 radical (unpaired) electrons. The van der Waals surface area contributed by atoms with Gasteiger partial charge in [-0.3, -0.25) is 9.59 Å². The van der Waals surface area contributed by atoms with Crippen molar-refractivity contribution in [1.82, 2.24) is 5.32 Å². The number of rotatable bonds is 11. The molecule has 1 amide bonds. The number of amides is 1. The molecule has 1 aliphatic heterocycles. The van der Waals surface area contributed by atoms with Crippen LogP contribution in [0, 0.1) is 17.8 Å². The Hall–Kier alpha value is -2.82. The predicted molar refractivity (Wildman–Crippen MR) is 146 cm³/mol. The Morgan fingerprint density at radius 3 is 2.83 bits per heavy atom. The molecule has 4 rings (SSSR count). The summed E-state index contributed by atoms with van der Waals surface area (Å²) in [7, 11) is 0. The summed E-state index contributed by atoms with van der Waals surface area (Å²) in [5.41, 5.74) is 4.18. The van der Waals surface area contributed by atoms with Gasteiger partial charge < -0.3 is 15.4 Å². The minimum Gasteiger partial charge on any atom is -0.461 e. The Morgan fingerprint density at radius 2 is 2.11 bits per heavy atom. The molecule has 194 valence electrons. The largest absolute Gasteiger partial charge is 0.461 e. The molecule has 1 aromatic rings. The van der Waals surface area contributed by atoms with Crippen LogP contribution < -0.4 is 10.6 Å². The lowest BCUT2D eigenvalue weighted by Gasteiger charge is -2.40. The van der Waals surface area contributed by atoms with Crippen molar-refractivity contribution in [3.05, 3.63) is 65.8 Å². The first kappa shape index (κ1) is 26.2. The van der Waals surface area contributed by atoms with E-state index >= 15 is 0 Å². The highest BCUT2D eigenvalue weighted by atomic mass is 16.5. The molecule has 1 fully saturated rings. The number of benzene rings is 1. The summed E-state index contributed by atoms with van der Waals surface area (Å²) in [6.45, 7) is 9.05. The van der Waals surface area contributed by atoms with E-state index < -0.39 is 0 Å². The van der Waals surface area contributed by atoms with Gasteiger partial charge in [0.2, 0.25) is 0 Å². The second-order valence-electron chi connectivity index (χ2n) is 10.5. The van der Waals surface area contributed by atoms with Crippen LogP contribution in [-0.2, 0) is 9.53 Å². The van der Waals surface area contributed by atoms with Crippen LogP contribution >= 0.6 is 0 Å². The number of allylic oxidation sites excluding steroid dienone is 3. The maximum absolute atomic E-state index is 13.1. The summed E-state index contributed by atoms with van der Waals surface area (Å²) in [4.78, 5) is 26.1. The highest BCUT2D eigenvalue weighted by molar-refractivity contribution is 5.95. The minimum absolute atomic E-state index is 0.0354. The Morgan fingerprint density at radius 1 is 1.25 bits per heavy atom. The molecule has 0 bridgehead atoms. The topological polar surface area (TPSA) is 67.4 Å². The standard InChI is InChI=1S/C31H42N2O3/c1-4-10-21(6-3)17-18-32-30(34)23-13-16-27-26(20-23)28-24(14-15-25(28)31(35)36-19-5-2)29(33-27)22-11-8-7-9-12-22/h5,7-8,11,13,16,20-21,24-25,28-29,33H,2,4,6,9-10,12,14-15,17-19H2,1,3H3,(H,32,34)/t21?,24-,25?,28?,29?/m1/s1. The van der Waals surface area contributed by atoms with Gasteiger partial charge in [0.25, 0.3) is 5.91 Å². The Labute approximate surface area is 216 Å². The van der Waals surface area contributed by atoms with Crippen LogP contribution in [0.15, 0.2) is 54.7 Å². The number of carbonyl (C=O) groups excluding carboxylic acids is 2. The number of hydrogen-bond donors (Lipinski definition) is 2. The molecule has 1 heterocycles. The van der Waals surface area contributed by atoms with E-state index in [2.05, 4.69) is 49.3 Å². The molecule has 2 aliphatic carbocycles. The number of carbonyl (C=O) groups is 2. The zero-order valence-electron chi connectivity index (χ0n) is 21.9. The number of nitrogens with one attached hydrogen (secondary N) is 2. The lowest BCUT2D eigenvalue weighted by molar-refractivity contribution is -0.147. The molecular formula is C31H42N2O3. The molecule has 5 atom stereocenters. The molecule has 3 aliphatic rings. The first-order chi connectivity index (χ1) is 17.6. The number of fused-ring (bicyclic) bond motifs is 3. The van der Waals surface area contributed by atoms with Gasteiger partial charge in [0.05, 0.1) is 12.0 Å². The van der Waals surface area contributed by atoms with Gasteiger partial charge in [-0.05, 0) is 73.3 Å². The van der Waals surface area contributed by atoms with Gasteiger partial charge in [-0.1, -0.05) is 64.0 Å². The summed E-state index contributed by atoms with van der Waals surface area (Å²) >= 11 is 0. The van der Waals surface area contributed by atoms with Crippen molar-refractivity contribution < 1.29 is 14.3 Å². The van der Waals surface area contributed by atoms with Gasteiger partial charge in [-0.2, -0.15) is 0 Å². The summed E-state index contributed by atoms with van der Waals surface area (Å²) in [6.07, 6.45) is 16.6. The van der Waals surface area contributed by atoms with Crippen molar-refractivity contribution in [3.8, 4) is 0 Å². The van der Waals surface area contributed by atoms with E-state index in [0.29, 0.717) is 23.9 Å². The molecular weight excluding hydrogens is 448 g/mol. The van der Waals surface area contributed by atoms with Gasteiger partial charge in [0, 0.05) is 23.7 Å². The zero-order valence-corrected chi connectivity index (χ0v) is 21.9. The number of esters is 1. The van der Waals surface area contributed by atoms with Crippen LogP contribution in [0.2, 0.25) is 0 Å². The molecule has 4 unspecified atom stereocenters. The summed E-state index contributed by atoms with van der Waals surface area (Å²) < 4.78 is 5.52. The van der Waals surface area contributed by atoms with E-state index in [9.17, 15) is 9.59 Å². The smallest absolute Gasteiger partial charge is 0.309 e. The molecule has 5 heteroatoms. The fraction of sp³-hybridized carbons (Fsp3) is 0.548. The fourth-order valence-corrected chi connectivity index (χ4v) is 6.45. The highest BCUT2D eigenvalue weighted by Crippen LogP contribution is 2.53. The van der Waals surface area contributed by atoms with Crippen molar-refractivity contribution in [1.29, 1.82) is 0 Å². The van der Waals surface area contributed by atoms with E-state index in [4.69, 9.17) is 4.74 Å². The van der Waals surface area contributed by atoms with Crippen LogP contribution in [0.4, 0.5) is 5.69 Å².